The molecule has 2 N–H and O–H groups in total. The first-order valence-corrected chi connectivity index (χ1v) is 6.24. The van der Waals surface area contributed by atoms with Gasteiger partial charge in [-0.1, -0.05) is 11.6 Å². The van der Waals surface area contributed by atoms with E-state index in [1.807, 2.05) is 13.0 Å². The summed E-state index contributed by atoms with van der Waals surface area (Å²) in [4.78, 5) is 12.9. The summed E-state index contributed by atoms with van der Waals surface area (Å²) >= 11 is 6.08. The van der Waals surface area contributed by atoms with Gasteiger partial charge in [-0.3, -0.25) is 4.98 Å². The fourth-order valence-electron chi connectivity index (χ4n) is 2.03. The lowest BCUT2D eigenvalue weighted by Crippen LogP contribution is -2.39. The highest BCUT2D eigenvalue weighted by atomic mass is 35.5. The number of hydrogen-bond acceptors (Lipinski definition) is 5. The van der Waals surface area contributed by atoms with Crippen LogP contribution in [0.4, 0.5) is 5.82 Å². The minimum atomic E-state index is -0.207. The molecular weight excluding hydrogens is 252 g/mol. The van der Waals surface area contributed by atoms with Crippen molar-refractivity contribution in [1.82, 2.24) is 15.0 Å². The van der Waals surface area contributed by atoms with Crippen LogP contribution in [0.5, 0.6) is 0 Å². The van der Waals surface area contributed by atoms with Crippen molar-refractivity contribution >= 4 is 28.5 Å². The summed E-state index contributed by atoms with van der Waals surface area (Å²) in [7, 11) is 0. The molecule has 2 aromatic heterocycles. The molecule has 0 aliphatic heterocycles. The molecule has 3 rings (SSSR count). The lowest BCUT2D eigenvalue weighted by molar-refractivity contribution is 0.0835. The van der Waals surface area contributed by atoms with Gasteiger partial charge in [0.2, 0.25) is 0 Å². The molecule has 1 aliphatic carbocycles. The second-order valence-corrected chi connectivity index (χ2v) is 5.00. The Morgan fingerprint density at radius 2 is 2.11 bits per heavy atom. The number of pyridine rings is 1. The van der Waals surface area contributed by atoms with Crippen molar-refractivity contribution in [1.29, 1.82) is 0 Å². The summed E-state index contributed by atoms with van der Waals surface area (Å²) in [5.74, 6) is 0.576. The number of halogens is 1. The number of aliphatic hydroxyl groups is 1. The Morgan fingerprint density at radius 1 is 1.33 bits per heavy atom. The summed E-state index contributed by atoms with van der Waals surface area (Å²) in [5.41, 5.74) is 2.35. The molecule has 0 amide bonds. The first kappa shape index (κ1) is 11.6. The monoisotopic (exact) mass is 264 g/mol. The number of aliphatic hydroxyl groups excluding tert-OH is 1. The predicted octanol–water partition coefficient (Wildman–Crippen LogP) is 1.92. The van der Waals surface area contributed by atoms with E-state index in [0.29, 0.717) is 16.5 Å². The third kappa shape index (κ3) is 2.11. The van der Waals surface area contributed by atoms with Gasteiger partial charge in [0.05, 0.1) is 17.8 Å². The van der Waals surface area contributed by atoms with Gasteiger partial charge in [0.15, 0.2) is 11.0 Å². The summed E-state index contributed by atoms with van der Waals surface area (Å²) < 4.78 is 0. The normalized spacial score (nSPS) is 22.8. The summed E-state index contributed by atoms with van der Waals surface area (Å²) in [6.45, 7) is 1.91. The van der Waals surface area contributed by atoms with Gasteiger partial charge in [0.25, 0.3) is 0 Å². The second kappa shape index (κ2) is 4.33. The number of nitrogens with zero attached hydrogens (tertiary/aromatic N) is 3. The Kier molecular flexibility index (Phi) is 2.80. The van der Waals surface area contributed by atoms with Crippen LogP contribution >= 0.6 is 11.6 Å². The van der Waals surface area contributed by atoms with Crippen molar-refractivity contribution in [3.63, 3.8) is 0 Å². The van der Waals surface area contributed by atoms with Gasteiger partial charge in [-0.15, -0.1) is 0 Å². The van der Waals surface area contributed by atoms with Crippen LogP contribution < -0.4 is 5.32 Å². The van der Waals surface area contributed by atoms with E-state index < -0.39 is 0 Å². The molecule has 1 fully saturated rings. The van der Waals surface area contributed by atoms with Crippen LogP contribution in [0.25, 0.3) is 11.0 Å². The number of anilines is 1. The molecule has 0 atom stereocenters. The number of nitrogens with one attached hydrogen (secondary N) is 1. The minimum absolute atomic E-state index is 0.207. The van der Waals surface area contributed by atoms with Gasteiger partial charge >= 0.3 is 0 Å². The lowest BCUT2D eigenvalue weighted by Gasteiger charge is -2.32. The average molecular weight is 265 g/mol. The molecule has 18 heavy (non-hydrogen) atoms. The lowest BCUT2D eigenvalue weighted by atomic mass is 9.90. The van der Waals surface area contributed by atoms with Crippen LogP contribution in [0.1, 0.15) is 18.5 Å². The molecule has 1 aliphatic rings. The van der Waals surface area contributed by atoms with Crippen molar-refractivity contribution in [3.8, 4) is 0 Å². The number of rotatable bonds is 2. The topological polar surface area (TPSA) is 70.9 Å². The van der Waals surface area contributed by atoms with E-state index in [0.717, 1.165) is 24.1 Å². The molecule has 2 heterocycles. The van der Waals surface area contributed by atoms with E-state index in [4.69, 9.17) is 11.6 Å². The van der Waals surface area contributed by atoms with E-state index in [1.54, 1.807) is 6.20 Å². The van der Waals surface area contributed by atoms with Gasteiger partial charge in [-0.05, 0) is 25.8 Å². The van der Waals surface area contributed by atoms with Gasteiger partial charge in [-0.25, -0.2) is 9.97 Å². The van der Waals surface area contributed by atoms with Gasteiger partial charge in [0, 0.05) is 11.7 Å². The van der Waals surface area contributed by atoms with Crippen molar-refractivity contribution in [2.24, 2.45) is 0 Å². The molecule has 0 saturated heterocycles. The highest BCUT2D eigenvalue weighted by Crippen LogP contribution is 2.27. The standard InChI is InChI=1S/C12H13ClN4O/c1-6-2-9-10(5-14-6)16-11(13)12(17-9)15-7-3-8(18)4-7/h2,5,7-8,18H,3-4H2,1H3,(H,15,17)/t7-,8-. The maximum atomic E-state index is 9.26. The Hall–Kier alpha value is -1.46. The fourth-order valence-corrected chi connectivity index (χ4v) is 2.22. The number of fused-ring (bicyclic) bond motifs is 1. The van der Waals surface area contributed by atoms with Crippen molar-refractivity contribution in [2.45, 2.75) is 31.9 Å². The average Bonchev–Trinajstić information content (AvgIpc) is 2.28. The van der Waals surface area contributed by atoms with Gasteiger partial charge < -0.3 is 10.4 Å². The van der Waals surface area contributed by atoms with Crippen molar-refractivity contribution in [2.75, 3.05) is 5.32 Å². The van der Waals surface area contributed by atoms with E-state index in [-0.39, 0.29) is 12.1 Å². The second-order valence-electron chi connectivity index (χ2n) is 4.64. The minimum Gasteiger partial charge on any atom is -0.393 e. The third-order valence-electron chi connectivity index (χ3n) is 3.10. The van der Waals surface area contributed by atoms with Crippen molar-refractivity contribution in [3.05, 3.63) is 23.1 Å². The van der Waals surface area contributed by atoms with E-state index in [2.05, 4.69) is 20.3 Å². The van der Waals surface area contributed by atoms with Crippen LogP contribution in [0.3, 0.4) is 0 Å². The zero-order chi connectivity index (χ0) is 12.7. The smallest absolute Gasteiger partial charge is 0.172 e. The maximum absolute atomic E-state index is 9.26. The van der Waals surface area contributed by atoms with Gasteiger partial charge in [-0.2, -0.15) is 0 Å². The molecule has 0 radical (unpaired) electrons. The van der Waals surface area contributed by atoms with Crippen LogP contribution in [0, 0.1) is 6.92 Å². The maximum Gasteiger partial charge on any atom is 0.172 e. The molecule has 0 aromatic carbocycles. The molecule has 1 saturated carbocycles. The molecule has 0 spiro atoms. The SMILES string of the molecule is Cc1cc2nc(N[C@H]3C[C@H](O)C3)c(Cl)nc2cn1. The summed E-state index contributed by atoms with van der Waals surface area (Å²) in [6, 6.07) is 2.10. The Balaban J connectivity index is 1.93. The van der Waals surface area contributed by atoms with E-state index in [9.17, 15) is 5.11 Å². The van der Waals surface area contributed by atoms with Crippen LogP contribution in [0.2, 0.25) is 5.15 Å². The number of aromatic nitrogens is 3. The van der Waals surface area contributed by atoms with Gasteiger partial charge in [0.1, 0.15) is 5.52 Å². The number of aryl methyl sites for hydroxylation is 1. The van der Waals surface area contributed by atoms with Crippen molar-refractivity contribution < 1.29 is 5.11 Å². The first-order valence-electron chi connectivity index (χ1n) is 5.86. The van der Waals surface area contributed by atoms with E-state index >= 15 is 0 Å². The molecule has 0 unspecified atom stereocenters. The highest BCUT2D eigenvalue weighted by molar-refractivity contribution is 6.32. The molecular formula is C12H13ClN4O. The zero-order valence-corrected chi connectivity index (χ0v) is 10.6. The fraction of sp³-hybridized carbons (Fsp3) is 0.417. The van der Waals surface area contributed by atoms with Crippen LogP contribution in [-0.4, -0.2) is 32.2 Å². The third-order valence-corrected chi connectivity index (χ3v) is 3.36. The molecule has 0 bridgehead atoms. The Bertz CT molecular complexity index is 598. The Labute approximate surface area is 109 Å². The Morgan fingerprint density at radius 3 is 2.83 bits per heavy atom. The summed E-state index contributed by atoms with van der Waals surface area (Å²) in [6.07, 6.45) is 2.92. The van der Waals surface area contributed by atoms with Crippen LogP contribution in [0.15, 0.2) is 12.3 Å². The molecule has 2 aromatic rings. The predicted molar refractivity (Wildman–Crippen MR) is 69.7 cm³/mol. The van der Waals surface area contributed by atoms with E-state index in [1.165, 1.54) is 0 Å². The molecule has 94 valence electrons. The molecule has 6 heteroatoms. The highest BCUT2D eigenvalue weighted by Gasteiger charge is 2.28. The first-order chi connectivity index (χ1) is 8.61. The largest absolute Gasteiger partial charge is 0.393 e. The quantitative estimate of drug-likeness (QED) is 0.867. The number of hydrogen-bond donors (Lipinski definition) is 2. The zero-order valence-electron chi connectivity index (χ0n) is 9.89. The van der Waals surface area contributed by atoms with Crippen LogP contribution in [-0.2, 0) is 0 Å². The summed E-state index contributed by atoms with van der Waals surface area (Å²) in [5, 5.41) is 12.8. The molecule has 5 nitrogen and oxygen atoms in total.